The van der Waals surface area contributed by atoms with E-state index in [1.807, 2.05) is 0 Å². The summed E-state index contributed by atoms with van der Waals surface area (Å²) < 4.78 is 16.5. The first-order valence-electron chi connectivity index (χ1n) is 10.2. The molecular weight excluding hydrogens is 348 g/mol. The molecule has 0 bridgehead atoms. The van der Waals surface area contributed by atoms with E-state index < -0.39 is 30.1 Å². The van der Waals surface area contributed by atoms with Gasteiger partial charge < -0.3 is 19.3 Å². The van der Waals surface area contributed by atoms with Crippen molar-refractivity contribution in [3.8, 4) is 0 Å². The van der Waals surface area contributed by atoms with E-state index in [1.165, 1.54) is 20.3 Å². The highest BCUT2D eigenvalue weighted by Crippen LogP contribution is 2.59. The Bertz CT molecular complexity index is 601. The number of aliphatic hydroxyl groups is 1. The highest BCUT2D eigenvalue weighted by molar-refractivity contribution is 5.66. The molecule has 0 aromatic heterocycles. The molecule has 1 saturated heterocycles. The van der Waals surface area contributed by atoms with Crippen LogP contribution in [0.2, 0.25) is 0 Å². The maximum Gasteiger partial charge on any atom is 0.304 e. The molecule has 154 valence electrons. The monoisotopic (exact) mass is 382 g/mol. The van der Waals surface area contributed by atoms with Gasteiger partial charge in [0.25, 0.3) is 0 Å². The summed E-state index contributed by atoms with van der Waals surface area (Å²) in [6, 6.07) is 0. The van der Waals surface area contributed by atoms with Crippen molar-refractivity contribution in [1.29, 1.82) is 0 Å². The van der Waals surface area contributed by atoms with Gasteiger partial charge in [-0.2, -0.15) is 0 Å². The van der Waals surface area contributed by atoms with E-state index in [0.717, 1.165) is 19.3 Å². The molecule has 1 unspecified atom stereocenters. The van der Waals surface area contributed by atoms with Crippen molar-refractivity contribution in [2.45, 2.75) is 97.7 Å². The number of carbonyl (C=O) groups is 2. The first-order chi connectivity index (χ1) is 12.4. The van der Waals surface area contributed by atoms with E-state index in [4.69, 9.17) is 14.2 Å². The Labute approximate surface area is 161 Å². The number of hydrogen-bond acceptors (Lipinski definition) is 6. The van der Waals surface area contributed by atoms with Crippen LogP contribution in [0.1, 0.15) is 79.6 Å². The third-order valence-electron chi connectivity index (χ3n) is 7.12. The molecule has 0 radical (unpaired) electrons. The maximum absolute atomic E-state index is 11.8. The number of carbonyl (C=O) groups excluding carboxylic acids is 2. The van der Waals surface area contributed by atoms with Gasteiger partial charge in [-0.05, 0) is 49.4 Å². The molecule has 2 saturated carbocycles. The predicted molar refractivity (Wildman–Crippen MR) is 98.3 cm³/mol. The van der Waals surface area contributed by atoms with Crippen LogP contribution in [-0.2, 0) is 23.8 Å². The van der Waals surface area contributed by atoms with Gasteiger partial charge in [0.15, 0.2) is 0 Å². The molecule has 0 spiro atoms. The van der Waals surface area contributed by atoms with Gasteiger partial charge in [-0.3, -0.25) is 9.59 Å². The lowest BCUT2D eigenvalue weighted by Crippen LogP contribution is -2.55. The van der Waals surface area contributed by atoms with Crippen molar-refractivity contribution in [2.24, 2.45) is 22.7 Å². The minimum atomic E-state index is -0.835. The molecule has 2 aliphatic carbocycles. The molecule has 1 aliphatic heterocycles. The van der Waals surface area contributed by atoms with Crippen LogP contribution in [0.25, 0.3) is 0 Å². The maximum atomic E-state index is 11.8. The van der Waals surface area contributed by atoms with Gasteiger partial charge in [0, 0.05) is 25.7 Å². The fourth-order valence-electron chi connectivity index (χ4n) is 5.93. The highest BCUT2D eigenvalue weighted by atomic mass is 16.8. The molecular formula is C21H34O6. The second-order valence-corrected chi connectivity index (χ2v) is 9.95. The molecule has 27 heavy (non-hydrogen) atoms. The summed E-state index contributed by atoms with van der Waals surface area (Å²) in [6.07, 6.45) is 4.61. The van der Waals surface area contributed by atoms with Crippen LogP contribution in [0.5, 0.6) is 0 Å². The van der Waals surface area contributed by atoms with Crippen molar-refractivity contribution in [3.63, 3.8) is 0 Å². The molecule has 6 nitrogen and oxygen atoms in total. The van der Waals surface area contributed by atoms with Gasteiger partial charge in [0.1, 0.15) is 0 Å². The van der Waals surface area contributed by atoms with Crippen LogP contribution < -0.4 is 0 Å². The van der Waals surface area contributed by atoms with Gasteiger partial charge >= 0.3 is 11.9 Å². The molecule has 1 N–H and O–H groups in total. The van der Waals surface area contributed by atoms with Crippen LogP contribution in [0.15, 0.2) is 0 Å². The Balaban J connectivity index is 1.83. The third kappa shape index (κ3) is 4.02. The van der Waals surface area contributed by atoms with E-state index in [9.17, 15) is 14.7 Å². The summed E-state index contributed by atoms with van der Waals surface area (Å²) in [5.41, 5.74) is -0.805. The normalized spacial score (nSPS) is 43.6. The number of rotatable bonds is 3. The summed E-state index contributed by atoms with van der Waals surface area (Å²) in [6.45, 7) is 9.45. The van der Waals surface area contributed by atoms with Crippen molar-refractivity contribution >= 4 is 11.9 Å². The average Bonchev–Trinajstić information content (AvgIpc) is 2.81. The van der Waals surface area contributed by atoms with E-state index in [1.54, 1.807) is 0 Å². The fourth-order valence-corrected chi connectivity index (χ4v) is 5.93. The lowest BCUT2D eigenvalue weighted by atomic mass is 9.53. The molecule has 6 heteroatoms. The van der Waals surface area contributed by atoms with Gasteiger partial charge in [0.2, 0.25) is 12.6 Å². The van der Waals surface area contributed by atoms with Gasteiger partial charge in [-0.25, -0.2) is 0 Å². The zero-order valence-electron chi connectivity index (χ0n) is 17.2. The van der Waals surface area contributed by atoms with Crippen LogP contribution in [0.4, 0.5) is 0 Å². The van der Waals surface area contributed by atoms with Crippen molar-refractivity contribution in [2.75, 3.05) is 0 Å². The van der Waals surface area contributed by atoms with Crippen molar-refractivity contribution in [3.05, 3.63) is 0 Å². The Morgan fingerprint density at radius 2 is 1.56 bits per heavy atom. The number of hydrogen-bond donors (Lipinski definition) is 1. The molecule has 3 rings (SSSR count). The smallest absolute Gasteiger partial charge is 0.304 e. The van der Waals surface area contributed by atoms with Crippen LogP contribution in [-0.4, -0.2) is 35.2 Å². The first-order valence-corrected chi connectivity index (χ1v) is 10.2. The molecule has 0 aromatic rings. The zero-order valence-corrected chi connectivity index (χ0v) is 17.2. The van der Waals surface area contributed by atoms with Crippen molar-refractivity contribution in [1.82, 2.24) is 0 Å². The summed E-state index contributed by atoms with van der Waals surface area (Å²) in [4.78, 5) is 23.0. The third-order valence-corrected chi connectivity index (χ3v) is 7.12. The molecule has 0 amide bonds. The summed E-state index contributed by atoms with van der Waals surface area (Å²) in [5, 5.41) is 11.8. The molecule has 1 heterocycles. The number of esters is 2. The van der Waals surface area contributed by atoms with E-state index in [-0.39, 0.29) is 22.7 Å². The predicted octanol–water partition coefficient (Wildman–Crippen LogP) is 3.55. The topological polar surface area (TPSA) is 82.1 Å². The molecule has 0 aromatic carbocycles. The number of ether oxygens (including phenoxy) is 3. The van der Waals surface area contributed by atoms with Crippen LogP contribution in [0.3, 0.4) is 0 Å². The summed E-state index contributed by atoms with van der Waals surface area (Å²) >= 11 is 0. The molecule has 6 atom stereocenters. The van der Waals surface area contributed by atoms with Crippen LogP contribution >= 0.6 is 0 Å². The Morgan fingerprint density at radius 3 is 2.11 bits per heavy atom. The minimum absolute atomic E-state index is 0.0567. The van der Waals surface area contributed by atoms with Crippen LogP contribution in [0, 0.1) is 22.7 Å². The molecule has 3 aliphatic rings. The number of fused-ring (bicyclic) bond motifs is 1. The quantitative estimate of drug-likeness (QED) is 0.752. The lowest BCUT2D eigenvalue weighted by molar-refractivity contribution is -0.215. The Kier molecular flexibility index (Phi) is 5.36. The van der Waals surface area contributed by atoms with Gasteiger partial charge in [0.05, 0.1) is 5.60 Å². The van der Waals surface area contributed by atoms with E-state index >= 15 is 0 Å². The van der Waals surface area contributed by atoms with Crippen molar-refractivity contribution < 1.29 is 28.9 Å². The van der Waals surface area contributed by atoms with Gasteiger partial charge in [-0.1, -0.05) is 27.2 Å². The average molecular weight is 382 g/mol. The molecule has 3 fully saturated rings. The second-order valence-electron chi connectivity index (χ2n) is 9.95. The summed E-state index contributed by atoms with van der Waals surface area (Å²) in [7, 11) is 0. The van der Waals surface area contributed by atoms with E-state index in [0.29, 0.717) is 19.3 Å². The largest absolute Gasteiger partial charge is 0.435 e. The standard InChI is InChI=1S/C21H34O6/c1-13(22)25-17-15-7-10-21(24,11-16(15)18(27-17)26-14(2)23)20(5)9-6-8-19(3,4)12-20/h15-18,24H,6-12H2,1-5H3/t15-,16+,17-,18+,20?,21-/m1/s1. The zero-order chi connectivity index (χ0) is 20.0. The van der Waals surface area contributed by atoms with E-state index in [2.05, 4.69) is 20.8 Å². The summed E-state index contributed by atoms with van der Waals surface area (Å²) in [5.74, 6) is -1.07. The lowest BCUT2D eigenvalue weighted by Gasteiger charge is -2.55. The Hall–Kier alpha value is -1.14. The minimum Gasteiger partial charge on any atom is -0.435 e. The van der Waals surface area contributed by atoms with Gasteiger partial charge in [-0.15, -0.1) is 0 Å². The fraction of sp³-hybridized carbons (Fsp3) is 0.905. The SMILES string of the molecule is CC(=O)O[C@H]1O[C@@H](OC(C)=O)[C@@H]2CC[C@](O)(C3(C)CCCC(C)(C)C3)C[C@H]12. The first kappa shape index (κ1) is 20.6. The highest BCUT2D eigenvalue weighted by Gasteiger charge is 2.59. The Morgan fingerprint density at radius 1 is 0.963 bits per heavy atom. The second kappa shape index (κ2) is 7.03.